The van der Waals surface area contributed by atoms with E-state index in [1.54, 1.807) is 11.3 Å². The van der Waals surface area contributed by atoms with E-state index < -0.39 is 0 Å². The van der Waals surface area contributed by atoms with Gasteiger partial charge in [0, 0.05) is 42.6 Å². The van der Waals surface area contributed by atoms with E-state index in [0.717, 1.165) is 30.8 Å². The Labute approximate surface area is 128 Å². The van der Waals surface area contributed by atoms with Crippen molar-refractivity contribution in [2.45, 2.75) is 32.2 Å². The highest BCUT2D eigenvalue weighted by molar-refractivity contribution is 7.15. The van der Waals surface area contributed by atoms with Crippen LogP contribution >= 0.6 is 11.3 Å². The minimum absolute atomic E-state index is 0.466. The van der Waals surface area contributed by atoms with E-state index in [1.807, 2.05) is 12.4 Å². The predicted molar refractivity (Wildman–Crippen MR) is 86.8 cm³/mol. The lowest BCUT2D eigenvalue weighted by Crippen LogP contribution is -2.31. The number of pyridine rings is 1. The van der Waals surface area contributed by atoms with Crippen LogP contribution in [0.1, 0.15) is 24.6 Å². The number of rotatable bonds is 7. The summed E-state index contributed by atoms with van der Waals surface area (Å²) in [7, 11) is 0. The minimum atomic E-state index is 0.466. The summed E-state index contributed by atoms with van der Waals surface area (Å²) in [5.41, 5.74) is 2.52. The lowest BCUT2D eigenvalue weighted by Gasteiger charge is -2.16. The van der Waals surface area contributed by atoms with Crippen molar-refractivity contribution in [2.24, 2.45) is 0 Å². The molecule has 0 aliphatic rings. The first-order valence-corrected chi connectivity index (χ1v) is 8.26. The van der Waals surface area contributed by atoms with Gasteiger partial charge >= 0.3 is 0 Å². The molecule has 3 aromatic heterocycles. The first-order valence-electron chi connectivity index (χ1n) is 7.38. The maximum Gasteiger partial charge on any atom is 0.193 e. The third-order valence-corrected chi connectivity index (χ3v) is 4.39. The second-order valence-corrected chi connectivity index (χ2v) is 6.05. The molecule has 21 heavy (non-hydrogen) atoms. The Bertz CT molecular complexity index is 645. The number of hydrogen-bond acceptors (Lipinski definition) is 4. The predicted octanol–water partition coefficient (Wildman–Crippen LogP) is 2.94. The molecule has 4 nitrogen and oxygen atoms in total. The fourth-order valence-corrected chi connectivity index (χ4v) is 3.30. The van der Waals surface area contributed by atoms with Gasteiger partial charge in [0.2, 0.25) is 0 Å². The van der Waals surface area contributed by atoms with E-state index in [2.05, 4.69) is 56.5 Å². The van der Waals surface area contributed by atoms with Crippen molar-refractivity contribution in [1.82, 2.24) is 19.7 Å². The van der Waals surface area contributed by atoms with Gasteiger partial charge in [0.1, 0.15) is 0 Å². The second kappa shape index (κ2) is 6.83. The highest BCUT2D eigenvalue weighted by atomic mass is 32.1. The molecule has 0 bridgehead atoms. The van der Waals surface area contributed by atoms with Crippen molar-refractivity contribution in [3.63, 3.8) is 0 Å². The number of thiazole rings is 1. The van der Waals surface area contributed by atoms with Crippen molar-refractivity contribution >= 4 is 16.3 Å². The fraction of sp³-hybridized carbons (Fsp3) is 0.375. The summed E-state index contributed by atoms with van der Waals surface area (Å²) in [4.78, 5) is 9.83. The molecule has 0 fully saturated rings. The van der Waals surface area contributed by atoms with E-state index in [4.69, 9.17) is 0 Å². The van der Waals surface area contributed by atoms with Gasteiger partial charge in [0.25, 0.3) is 0 Å². The van der Waals surface area contributed by atoms with Crippen LogP contribution in [0.5, 0.6) is 0 Å². The van der Waals surface area contributed by atoms with E-state index in [1.165, 1.54) is 11.3 Å². The third kappa shape index (κ3) is 3.68. The summed E-state index contributed by atoms with van der Waals surface area (Å²) in [6.45, 7) is 3.15. The Hall–Kier alpha value is -1.72. The van der Waals surface area contributed by atoms with Crippen molar-refractivity contribution in [3.05, 3.63) is 53.6 Å². The molecule has 1 N–H and O–H groups in total. The summed E-state index contributed by atoms with van der Waals surface area (Å²) in [6.07, 6.45) is 11.1. The Morgan fingerprint density at radius 1 is 1.33 bits per heavy atom. The molecule has 0 aliphatic carbocycles. The maximum atomic E-state index is 4.68. The lowest BCUT2D eigenvalue weighted by molar-refractivity contribution is 0.487. The highest BCUT2D eigenvalue weighted by Gasteiger charge is 2.11. The molecule has 0 saturated carbocycles. The van der Waals surface area contributed by atoms with Gasteiger partial charge in [0.05, 0.1) is 5.69 Å². The molecule has 0 spiro atoms. The summed E-state index contributed by atoms with van der Waals surface area (Å²) >= 11 is 1.68. The molecule has 0 aromatic carbocycles. The van der Waals surface area contributed by atoms with Crippen molar-refractivity contribution in [2.75, 3.05) is 6.54 Å². The number of aryl methyl sites for hydroxylation is 1. The van der Waals surface area contributed by atoms with Crippen LogP contribution in [-0.4, -0.2) is 27.0 Å². The number of imidazole rings is 1. The molecule has 3 aromatic rings. The average Bonchev–Trinajstić information content (AvgIpc) is 3.07. The van der Waals surface area contributed by atoms with Gasteiger partial charge in [-0.25, -0.2) is 4.98 Å². The largest absolute Gasteiger partial charge is 0.314 e. The fourth-order valence-electron chi connectivity index (χ4n) is 2.58. The number of likely N-dealkylation sites (N-methyl/N-ethyl adjacent to an activating group) is 1. The van der Waals surface area contributed by atoms with Crippen LogP contribution in [0.25, 0.3) is 4.96 Å². The van der Waals surface area contributed by atoms with Crippen LogP contribution in [-0.2, 0) is 12.8 Å². The quantitative estimate of drug-likeness (QED) is 0.729. The van der Waals surface area contributed by atoms with Gasteiger partial charge in [-0.1, -0.05) is 6.92 Å². The Morgan fingerprint density at radius 3 is 2.95 bits per heavy atom. The molecule has 0 amide bonds. The van der Waals surface area contributed by atoms with Gasteiger partial charge in [-0.05, 0) is 37.1 Å². The van der Waals surface area contributed by atoms with Gasteiger partial charge in [0.15, 0.2) is 4.96 Å². The number of nitrogens with one attached hydrogen (secondary N) is 1. The van der Waals surface area contributed by atoms with Gasteiger partial charge in [-0.2, -0.15) is 0 Å². The molecule has 0 saturated heterocycles. The van der Waals surface area contributed by atoms with Crippen LogP contribution in [0.15, 0.2) is 42.3 Å². The molecule has 3 heterocycles. The van der Waals surface area contributed by atoms with Gasteiger partial charge in [-0.15, -0.1) is 11.3 Å². The van der Waals surface area contributed by atoms with Gasteiger partial charge in [-0.3, -0.25) is 9.38 Å². The van der Waals surface area contributed by atoms with E-state index in [-0.39, 0.29) is 0 Å². The number of aromatic nitrogens is 3. The summed E-state index contributed by atoms with van der Waals surface area (Å²) in [5, 5.41) is 5.64. The van der Waals surface area contributed by atoms with E-state index in [9.17, 15) is 0 Å². The maximum absolute atomic E-state index is 4.68. The van der Waals surface area contributed by atoms with Crippen LogP contribution in [0.2, 0.25) is 0 Å². The standard InChI is InChI=1S/C16H20N4S/c1-2-18-14(4-3-13-5-7-17-8-6-13)11-15-12-20-9-10-21-16(20)19-15/h5-10,12,14,18H,2-4,11H2,1H3. The molecule has 0 aliphatic heterocycles. The highest BCUT2D eigenvalue weighted by Crippen LogP contribution is 2.14. The molecular weight excluding hydrogens is 280 g/mol. The molecule has 1 atom stereocenters. The number of hydrogen-bond donors (Lipinski definition) is 1. The summed E-state index contributed by atoms with van der Waals surface area (Å²) in [5.74, 6) is 0. The van der Waals surface area contributed by atoms with Crippen molar-refractivity contribution in [1.29, 1.82) is 0 Å². The van der Waals surface area contributed by atoms with Crippen molar-refractivity contribution in [3.8, 4) is 0 Å². The van der Waals surface area contributed by atoms with Crippen LogP contribution in [0, 0.1) is 0 Å². The monoisotopic (exact) mass is 300 g/mol. The zero-order chi connectivity index (χ0) is 14.5. The average molecular weight is 300 g/mol. The zero-order valence-corrected chi connectivity index (χ0v) is 13.0. The minimum Gasteiger partial charge on any atom is -0.314 e. The normalized spacial score (nSPS) is 12.8. The van der Waals surface area contributed by atoms with Gasteiger partial charge < -0.3 is 5.32 Å². The second-order valence-electron chi connectivity index (χ2n) is 5.18. The van der Waals surface area contributed by atoms with Crippen LogP contribution < -0.4 is 5.32 Å². The summed E-state index contributed by atoms with van der Waals surface area (Å²) in [6, 6.07) is 4.65. The van der Waals surface area contributed by atoms with Crippen LogP contribution in [0.3, 0.4) is 0 Å². The molecule has 3 rings (SSSR count). The topological polar surface area (TPSA) is 42.2 Å². The third-order valence-electron chi connectivity index (χ3n) is 3.62. The number of fused-ring (bicyclic) bond motifs is 1. The zero-order valence-electron chi connectivity index (χ0n) is 12.2. The Balaban J connectivity index is 1.62. The van der Waals surface area contributed by atoms with Crippen molar-refractivity contribution < 1.29 is 0 Å². The first-order chi connectivity index (χ1) is 10.3. The Kier molecular flexibility index (Phi) is 4.62. The first kappa shape index (κ1) is 14.2. The Morgan fingerprint density at radius 2 is 2.19 bits per heavy atom. The lowest BCUT2D eigenvalue weighted by atomic mass is 10.0. The SMILES string of the molecule is CCNC(CCc1ccncc1)Cc1cn2ccsc2n1. The molecular formula is C16H20N4S. The van der Waals surface area contributed by atoms with Crippen LogP contribution in [0.4, 0.5) is 0 Å². The molecule has 1 unspecified atom stereocenters. The van der Waals surface area contributed by atoms with E-state index in [0.29, 0.717) is 6.04 Å². The smallest absolute Gasteiger partial charge is 0.193 e. The number of nitrogens with zero attached hydrogens (tertiary/aromatic N) is 3. The van der Waals surface area contributed by atoms with E-state index >= 15 is 0 Å². The molecule has 0 radical (unpaired) electrons. The summed E-state index contributed by atoms with van der Waals surface area (Å²) < 4.78 is 2.10. The molecule has 110 valence electrons. The molecule has 5 heteroatoms.